The van der Waals surface area contributed by atoms with Crippen LogP contribution in [0.25, 0.3) is 0 Å². The summed E-state index contributed by atoms with van der Waals surface area (Å²) in [6, 6.07) is 10.7. The number of carbonyl (C=O) groups is 2. The first kappa shape index (κ1) is 24.8. The number of nitrogens with one attached hydrogen (secondary N) is 3. The van der Waals surface area contributed by atoms with Gasteiger partial charge in [0.15, 0.2) is 5.11 Å². The van der Waals surface area contributed by atoms with Gasteiger partial charge in [0.2, 0.25) is 5.91 Å². The minimum atomic E-state index is -0.369. The van der Waals surface area contributed by atoms with Crippen molar-refractivity contribution in [3.8, 4) is 5.75 Å². The van der Waals surface area contributed by atoms with Gasteiger partial charge in [-0.25, -0.2) is 0 Å². The van der Waals surface area contributed by atoms with Crippen molar-refractivity contribution in [2.24, 2.45) is 5.92 Å². The molecule has 3 N–H and O–H groups in total. The van der Waals surface area contributed by atoms with Crippen LogP contribution in [0.4, 0.5) is 11.4 Å². The van der Waals surface area contributed by atoms with Gasteiger partial charge in [-0.1, -0.05) is 42.8 Å². The zero-order chi connectivity index (χ0) is 23.0. The quantitative estimate of drug-likeness (QED) is 0.403. The normalized spacial score (nSPS) is 10.5. The maximum Gasteiger partial charge on any atom is 0.261 e. The van der Waals surface area contributed by atoms with Gasteiger partial charge in [0, 0.05) is 22.3 Å². The first-order valence-corrected chi connectivity index (χ1v) is 11.4. The van der Waals surface area contributed by atoms with E-state index in [-0.39, 0.29) is 16.9 Å². The molecule has 6 nitrogen and oxygen atoms in total. The average Bonchev–Trinajstić information content (AvgIpc) is 2.71. The highest BCUT2D eigenvalue weighted by Gasteiger charge is 2.16. The van der Waals surface area contributed by atoms with Crippen molar-refractivity contribution >= 4 is 56.4 Å². The smallest absolute Gasteiger partial charge is 0.261 e. The van der Waals surface area contributed by atoms with E-state index < -0.39 is 0 Å². The van der Waals surface area contributed by atoms with Gasteiger partial charge in [0.1, 0.15) is 5.75 Å². The van der Waals surface area contributed by atoms with Crippen molar-refractivity contribution in [3.63, 3.8) is 0 Å². The van der Waals surface area contributed by atoms with Crippen LogP contribution in [0.15, 0.2) is 40.9 Å². The monoisotopic (exact) mass is 505 g/mol. The third-order valence-corrected chi connectivity index (χ3v) is 5.24. The summed E-state index contributed by atoms with van der Waals surface area (Å²) in [5.74, 6) is 0.567. The molecule has 166 valence electrons. The fraction of sp³-hybridized carbons (Fsp3) is 0.348. The third kappa shape index (κ3) is 7.63. The Morgan fingerprint density at radius 1 is 1.13 bits per heavy atom. The van der Waals surface area contributed by atoms with Crippen molar-refractivity contribution in [2.75, 3.05) is 17.2 Å². The van der Waals surface area contributed by atoms with Crippen LogP contribution in [0.2, 0.25) is 0 Å². The first-order chi connectivity index (χ1) is 14.7. The number of halogens is 1. The Kier molecular flexibility index (Phi) is 9.45. The lowest BCUT2D eigenvalue weighted by Gasteiger charge is -2.16. The predicted octanol–water partition coefficient (Wildman–Crippen LogP) is 5.66. The second kappa shape index (κ2) is 11.8. The molecule has 0 unspecified atom stereocenters. The zero-order valence-electron chi connectivity index (χ0n) is 18.2. The van der Waals surface area contributed by atoms with Crippen molar-refractivity contribution < 1.29 is 14.3 Å². The van der Waals surface area contributed by atoms with Gasteiger partial charge in [-0.3, -0.25) is 14.9 Å². The van der Waals surface area contributed by atoms with Gasteiger partial charge in [-0.15, -0.1) is 0 Å². The Morgan fingerprint density at radius 2 is 1.81 bits per heavy atom. The predicted molar refractivity (Wildman–Crippen MR) is 133 cm³/mol. The minimum absolute atomic E-state index is 0.0734. The summed E-state index contributed by atoms with van der Waals surface area (Å²) in [4.78, 5) is 24.6. The summed E-state index contributed by atoms with van der Waals surface area (Å²) in [5.41, 5.74) is 2.60. The summed E-state index contributed by atoms with van der Waals surface area (Å²) in [5, 5.41) is 8.74. The standard InChI is InChI=1S/C23H28BrN3O3S/c1-5-21(28)25-18-7-6-8-19(15(18)4)26-23(31)27-22(29)17-13-16(24)9-10-20(17)30-12-11-14(2)3/h6-10,13-14H,5,11-12H2,1-4H3,(H,25,28)(H2,26,27,29,31). The molecule has 0 aromatic heterocycles. The van der Waals surface area contributed by atoms with E-state index in [9.17, 15) is 9.59 Å². The van der Waals surface area contributed by atoms with Crippen LogP contribution in [0.5, 0.6) is 5.75 Å². The van der Waals surface area contributed by atoms with Crippen LogP contribution in [-0.2, 0) is 4.79 Å². The van der Waals surface area contributed by atoms with E-state index in [4.69, 9.17) is 17.0 Å². The van der Waals surface area contributed by atoms with E-state index in [2.05, 4.69) is 45.7 Å². The highest BCUT2D eigenvalue weighted by Crippen LogP contribution is 2.25. The van der Waals surface area contributed by atoms with Crippen molar-refractivity contribution in [3.05, 3.63) is 52.0 Å². The molecular weight excluding hydrogens is 478 g/mol. The van der Waals surface area contributed by atoms with Crippen LogP contribution < -0.4 is 20.7 Å². The molecule has 0 radical (unpaired) electrons. The fourth-order valence-corrected chi connectivity index (χ4v) is 3.24. The van der Waals surface area contributed by atoms with Crippen molar-refractivity contribution in [2.45, 2.75) is 40.5 Å². The molecule has 0 atom stereocenters. The number of hydrogen-bond donors (Lipinski definition) is 3. The van der Waals surface area contributed by atoms with Gasteiger partial charge >= 0.3 is 0 Å². The summed E-state index contributed by atoms with van der Waals surface area (Å²) >= 11 is 8.74. The zero-order valence-corrected chi connectivity index (χ0v) is 20.6. The Labute approximate surface area is 197 Å². The maximum absolute atomic E-state index is 12.9. The molecule has 8 heteroatoms. The molecule has 0 saturated carbocycles. The second-order valence-electron chi connectivity index (χ2n) is 7.46. The molecule has 0 fully saturated rings. The van der Waals surface area contributed by atoms with Crippen LogP contribution in [0, 0.1) is 12.8 Å². The number of anilines is 2. The lowest BCUT2D eigenvalue weighted by atomic mass is 10.1. The van der Waals surface area contributed by atoms with E-state index in [1.807, 2.05) is 25.1 Å². The number of ether oxygens (including phenoxy) is 1. The molecule has 2 rings (SSSR count). The summed E-state index contributed by atoms with van der Waals surface area (Å²) in [7, 11) is 0. The molecule has 2 aromatic rings. The largest absolute Gasteiger partial charge is 0.493 e. The first-order valence-electron chi connectivity index (χ1n) is 10.1. The number of benzene rings is 2. The van der Waals surface area contributed by atoms with Crippen LogP contribution >= 0.6 is 28.1 Å². The van der Waals surface area contributed by atoms with E-state index in [0.717, 1.165) is 16.5 Å². The van der Waals surface area contributed by atoms with Gasteiger partial charge in [0.05, 0.1) is 12.2 Å². The van der Waals surface area contributed by atoms with Gasteiger partial charge in [-0.05, 0) is 67.4 Å². The SMILES string of the molecule is CCC(=O)Nc1cccc(NC(=S)NC(=O)c2cc(Br)ccc2OCCC(C)C)c1C. The van der Waals surface area contributed by atoms with Crippen molar-refractivity contribution in [1.82, 2.24) is 5.32 Å². The summed E-state index contributed by atoms with van der Waals surface area (Å²) in [6.07, 6.45) is 1.28. The van der Waals surface area contributed by atoms with Crippen molar-refractivity contribution in [1.29, 1.82) is 0 Å². The maximum atomic E-state index is 12.9. The molecule has 31 heavy (non-hydrogen) atoms. The number of thiocarbonyl (C=S) groups is 1. The number of carbonyl (C=O) groups excluding carboxylic acids is 2. The Balaban J connectivity index is 2.10. The fourth-order valence-electron chi connectivity index (χ4n) is 2.68. The minimum Gasteiger partial charge on any atom is -0.493 e. The van der Waals surface area contributed by atoms with E-state index >= 15 is 0 Å². The Morgan fingerprint density at radius 3 is 2.45 bits per heavy atom. The molecule has 0 aliphatic rings. The van der Waals surface area contributed by atoms with Crippen LogP contribution in [-0.4, -0.2) is 23.5 Å². The molecule has 2 aromatic carbocycles. The molecule has 0 saturated heterocycles. The van der Waals surface area contributed by atoms with Crippen LogP contribution in [0.1, 0.15) is 49.5 Å². The highest BCUT2D eigenvalue weighted by atomic mass is 79.9. The average molecular weight is 506 g/mol. The summed E-state index contributed by atoms with van der Waals surface area (Å²) in [6.45, 7) is 8.42. The Hall–Kier alpha value is -2.45. The number of hydrogen-bond acceptors (Lipinski definition) is 4. The number of rotatable bonds is 8. The van der Waals surface area contributed by atoms with E-state index in [1.54, 1.807) is 25.1 Å². The lowest BCUT2D eigenvalue weighted by Crippen LogP contribution is -2.34. The highest BCUT2D eigenvalue weighted by molar-refractivity contribution is 9.10. The molecule has 2 amide bonds. The molecular formula is C23H28BrN3O3S. The topological polar surface area (TPSA) is 79.5 Å². The van der Waals surface area contributed by atoms with E-state index in [0.29, 0.717) is 41.6 Å². The third-order valence-electron chi connectivity index (χ3n) is 4.54. The Bertz CT molecular complexity index is 963. The molecule has 0 bridgehead atoms. The van der Waals surface area contributed by atoms with Crippen LogP contribution in [0.3, 0.4) is 0 Å². The molecule has 0 aliphatic carbocycles. The lowest BCUT2D eigenvalue weighted by molar-refractivity contribution is -0.115. The van der Waals surface area contributed by atoms with Gasteiger partial charge in [0.25, 0.3) is 5.91 Å². The molecule has 0 heterocycles. The van der Waals surface area contributed by atoms with E-state index in [1.165, 1.54) is 0 Å². The number of amides is 2. The molecule has 0 spiro atoms. The summed E-state index contributed by atoms with van der Waals surface area (Å²) < 4.78 is 6.59. The van der Waals surface area contributed by atoms with Gasteiger partial charge in [-0.2, -0.15) is 0 Å². The molecule has 0 aliphatic heterocycles. The van der Waals surface area contributed by atoms with Gasteiger partial charge < -0.3 is 15.4 Å². The second-order valence-corrected chi connectivity index (χ2v) is 8.78.